The standard InChI is InChI=1S/C12H11BrClNO/c13-10-4-3-8-6-9(2-1-5-16)12(14)15-11(8)7-10/h3-4,6-7,16H,1-2,5H2. The zero-order valence-corrected chi connectivity index (χ0v) is 10.9. The molecule has 16 heavy (non-hydrogen) atoms. The SMILES string of the molecule is OCCCc1cc2ccc(Br)cc2nc1Cl. The third kappa shape index (κ3) is 2.54. The Bertz CT molecular complexity index is 516. The molecule has 0 amide bonds. The van der Waals surface area contributed by atoms with E-state index in [2.05, 4.69) is 20.9 Å². The maximum absolute atomic E-state index is 8.80. The molecule has 0 unspecified atom stereocenters. The van der Waals surface area contributed by atoms with Crippen molar-refractivity contribution in [2.24, 2.45) is 0 Å². The molecule has 0 fully saturated rings. The first-order valence-electron chi connectivity index (χ1n) is 5.06. The number of aryl methyl sites for hydroxylation is 1. The van der Waals surface area contributed by atoms with Gasteiger partial charge < -0.3 is 5.11 Å². The molecule has 0 atom stereocenters. The lowest BCUT2D eigenvalue weighted by molar-refractivity contribution is 0.288. The lowest BCUT2D eigenvalue weighted by atomic mass is 10.1. The van der Waals surface area contributed by atoms with E-state index in [4.69, 9.17) is 16.7 Å². The minimum Gasteiger partial charge on any atom is -0.396 e. The number of aliphatic hydroxyl groups excluding tert-OH is 1. The van der Waals surface area contributed by atoms with Crippen molar-refractivity contribution in [2.45, 2.75) is 12.8 Å². The molecule has 1 aromatic heterocycles. The van der Waals surface area contributed by atoms with Gasteiger partial charge >= 0.3 is 0 Å². The van der Waals surface area contributed by atoms with Crippen molar-refractivity contribution in [2.75, 3.05) is 6.61 Å². The second-order valence-corrected chi connectivity index (χ2v) is 4.88. The molecular formula is C12H11BrClNO. The Morgan fingerprint density at radius 3 is 2.88 bits per heavy atom. The van der Waals surface area contributed by atoms with E-state index in [1.54, 1.807) is 0 Å². The number of pyridine rings is 1. The van der Waals surface area contributed by atoms with Crippen LogP contribution in [0, 0.1) is 0 Å². The van der Waals surface area contributed by atoms with Crippen LogP contribution in [0.4, 0.5) is 0 Å². The minimum absolute atomic E-state index is 0.175. The van der Waals surface area contributed by atoms with Crippen LogP contribution in [0.25, 0.3) is 10.9 Å². The van der Waals surface area contributed by atoms with Crippen LogP contribution in [-0.2, 0) is 6.42 Å². The maximum atomic E-state index is 8.80. The molecule has 0 radical (unpaired) electrons. The molecule has 1 heterocycles. The molecule has 0 spiro atoms. The molecule has 1 N–H and O–H groups in total. The number of rotatable bonds is 3. The van der Waals surface area contributed by atoms with E-state index in [1.807, 2.05) is 24.3 Å². The number of hydrogen-bond acceptors (Lipinski definition) is 2. The number of aliphatic hydroxyl groups is 1. The van der Waals surface area contributed by atoms with Crippen molar-refractivity contribution in [1.29, 1.82) is 0 Å². The van der Waals surface area contributed by atoms with Crippen LogP contribution >= 0.6 is 27.5 Å². The van der Waals surface area contributed by atoms with Crippen LogP contribution in [0.5, 0.6) is 0 Å². The van der Waals surface area contributed by atoms with Gasteiger partial charge in [-0.25, -0.2) is 4.98 Å². The highest BCUT2D eigenvalue weighted by molar-refractivity contribution is 9.10. The normalized spacial score (nSPS) is 10.9. The van der Waals surface area contributed by atoms with Gasteiger partial charge in [0.2, 0.25) is 0 Å². The summed E-state index contributed by atoms with van der Waals surface area (Å²) in [6.45, 7) is 0.175. The molecule has 2 nitrogen and oxygen atoms in total. The molecule has 0 saturated heterocycles. The first-order chi connectivity index (χ1) is 7.70. The van der Waals surface area contributed by atoms with Gasteiger partial charge in [0.1, 0.15) is 5.15 Å². The average molecular weight is 301 g/mol. The lowest BCUT2D eigenvalue weighted by Crippen LogP contribution is -1.93. The van der Waals surface area contributed by atoms with Crippen LogP contribution in [0.3, 0.4) is 0 Å². The summed E-state index contributed by atoms with van der Waals surface area (Å²) in [6, 6.07) is 7.96. The van der Waals surface area contributed by atoms with Crippen molar-refractivity contribution in [1.82, 2.24) is 4.98 Å². The minimum atomic E-state index is 0.175. The van der Waals surface area contributed by atoms with Crippen molar-refractivity contribution >= 4 is 38.4 Å². The van der Waals surface area contributed by atoms with Crippen LogP contribution in [0.15, 0.2) is 28.7 Å². The van der Waals surface area contributed by atoms with Crippen molar-refractivity contribution < 1.29 is 5.11 Å². The summed E-state index contributed by atoms with van der Waals surface area (Å²) in [5.41, 5.74) is 1.87. The molecule has 4 heteroatoms. The van der Waals surface area contributed by atoms with Gasteiger partial charge in [-0.1, -0.05) is 33.6 Å². The monoisotopic (exact) mass is 299 g/mol. The second kappa shape index (κ2) is 5.13. The van der Waals surface area contributed by atoms with E-state index in [1.165, 1.54) is 0 Å². The maximum Gasteiger partial charge on any atom is 0.132 e. The first kappa shape index (κ1) is 11.8. The number of halogens is 2. The summed E-state index contributed by atoms with van der Waals surface area (Å²) in [5.74, 6) is 0. The summed E-state index contributed by atoms with van der Waals surface area (Å²) >= 11 is 9.48. The van der Waals surface area contributed by atoms with Gasteiger partial charge in [-0.3, -0.25) is 0 Å². The zero-order chi connectivity index (χ0) is 11.5. The number of benzene rings is 1. The molecule has 2 rings (SSSR count). The van der Waals surface area contributed by atoms with Crippen molar-refractivity contribution in [3.8, 4) is 0 Å². The Labute approximate surface area is 107 Å². The highest BCUT2D eigenvalue weighted by Crippen LogP contribution is 2.24. The van der Waals surface area contributed by atoms with Crippen LogP contribution in [0.1, 0.15) is 12.0 Å². The quantitative estimate of drug-likeness (QED) is 0.879. The highest BCUT2D eigenvalue weighted by atomic mass is 79.9. The van der Waals surface area contributed by atoms with Crippen molar-refractivity contribution in [3.05, 3.63) is 39.5 Å². The largest absolute Gasteiger partial charge is 0.396 e. The molecular weight excluding hydrogens is 289 g/mol. The zero-order valence-electron chi connectivity index (χ0n) is 8.58. The Balaban J connectivity index is 2.45. The Kier molecular flexibility index (Phi) is 3.79. The fraction of sp³-hybridized carbons (Fsp3) is 0.250. The van der Waals surface area contributed by atoms with Gasteiger partial charge in [-0.15, -0.1) is 0 Å². The first-order valence-corrected chi connectivity index (χ1v) is 6.23. The second-order valence-electron chi connectivity index (χ2n) is 3.60. The Morgan fingerprint density at radius 2 is 2.12 bits per heavy atom. The average Bonchev–Trinajstić information content (AvgIpc) is 2.26. The summed E-state index contributed by atoms with van der Waals surface area (Å²) in [7, 11) is 0. The fourth-order valence-corrected chi connectivity index (χ4v) is 2.19. The molecule has 1 aromatic carbocycles. The number of aromatic nitrogens is 1. The van der Waals surface area contributed by atoms with Gasteiger partial charge in [0, 0.05) is 16.5 Å². The number of fused-ring (bicyclic) bond motifs is 1. The smallest absolute Gasteiger partial charge is 0.132 e. The molecule has 2 aromatic rings. The van der Waals surface area contributed by atoms with E-state index in [0.29, 0.717) is 11.6 Å². The van der Waals surface area contributed by atoms with Gasteiger partial charge in [0.05, 0.1) is 5.52 Å². The predicted octanol–water partition coefficient (Wildman–Crippen LogP) is 3.58. The molecule has 0 saturated carbocycles. The van der Waals surface area contributed by atoms with E-state index in [9.17, 15) is 0 Å². The third-order valence-corrected chi connectivity index (χ3v) is 3.23. The van der Waals surface area contributed by atoms with Gasteiger partial charge in [0.25, 0.3) is 0 Å². The fourth-order valence-electron chi connectivity index (χ4n) is 1.61. The Morgan fingerprint density at radius 1 is 1.31 bits per heavy atom. The molecule has 0 bridgehead atoms. The van der Waals surface area contributed by atoms with E-state index in [-0.39, 0.29) is 6.61 Å². The topological polar surface area (TPSA) is 33.1 Å². The summed E-state index contributed by atoms with van der Waals surface area (Å²) in [4.78, 5) is 4.34. The number of nitrogens with zero attached hydrogens (tertiary/aromatic N) is 1. The van der Waals surface area contributed by atoms with E-state index in [0.717, 1.165) is 27.4 Å². The summed E-state index contributed by atoms with van der Waals surface area (Å²) in [5, 5.41) is 10.4. The molecule has 84 valence electrons. The number of hydrogen-bond donors (Lipinski definition) is 1. The molecule has 0 aliphatic heterocycles. The molecule has 0 aliphatic rings. The van der Waals surface area contributed by atoms with E-state index < -0.39 is 0 Å². The summed E-state index contributed by atoms with van der Waals surface area (Å²) < 4.78 is 0.992. The van der Waals surface area contributed by atoms with Gasteiger partial charge in [0.15, 0.2) is 0 Å². The Hall–Kier alpha value is -0.640. The van der Waals surface area contributed by atoms with Gasteiger partial charge in [-0.2, -0.15) is 0 Å². The predicted molar refractivity (Wildman–Crippen MR) is 69.9 cm³/mol. The lowest BCUT2D eigenvalue weighted by Gasteiger charge is -2.05. The van der Waals surface area contributed by atoms with Gasteiger partial charge in [-0.05, 0) is 36.6 Å². The molecule has 0 aliphatic carbocycles. The van der Waals surface area contributed by atoms with E-state index >= 15 is 0 Å². The van der Waals surface area contributed by atoms with Crippen LogP contribution in [-0.4, -0.2) is 16.7 Å². The third-order valence-electron chi connectivity index (χ3n) is 2.41. The van der Waals surface area contributed by atoms with Crippen molar-refractivity contribution in [3.63, 3.8) is 0 Å². The van der Waals surface area contributed by atoms with Crippen LogP contribution < -0.4 is 0 Å². The van der Waals surface area contributed by atoms with Crippen LogP contribution in [0.2, 0.25) is 5.15 Å². The highest BCUT2D eigenvalue weighted by Gasteiger charge is 2.05. The summed E-state index contributed by atoms with van der Waals surface area (Å²) in [6.07, 6.45) is 1.47.